The van der Waals surface area contributed by atoms with Gasteiger partial charge in [0.2, 0.25) is 0 Å². The van der Waals surface area contributed by atoms with Gasteiger partial charge in [-0.3, -0.25) is 0 Å². The second-order valence-electron chi connectivity index (χ2n) is 8.28. The van der Waals surface area contributed by atoms with E-state index in [9.17, 15) is 0 Å². The van der Waals surface area contributed by atoms with Gasteiger partial charge in [0.05, 0.1) is 19.8 Å². The van der Waals surface area contributed by atoms with Gasteiger partial charge in [-0.15, -0.1) is 0 Å². The predicted molar refractivity (Wildman–Crippen MR) is 122 cm³/mol. The number of ether oxygens (including phenoxy) is 2. The second kappa shape index (κ2) is 10.8. The number of methoxy groups -OCH3 is 1. The van der Waals surface area contributed by atoms with E-state index in [-0.39, 0.29) is 11.1 Å². The molecule has 1 rings (SSSR count). The molecule has 3 nitrogen and oxygen atoms in total. The Balaban J connectivity index is 2.60. The third kappa shape index (κ3) is 7.70. The zero-order chi connectivity index (χ0) is 19.8. The average molecular weight is 490 g/mol. The van der Waals surface area contributed by atoms with Crippen molar-refractivity contribution in [1.82, 2.24) is 0 Å². The van der Waals surface area contributed by atoms with Crippen molar-refractivity contribution in [2.24, 2.45) is 5.92 Å². The van der Waals surface area contributed by atoms with Crippen molar-refractivity contribution in [2.45, 2.75) is 65.0 Å². The van der Waals surface area contributed by atoms with Gasteiger partial charge in [-0.25, -0.2) is 0 Å². The van der Waals surface area contributed by atoms with Gasteiger partial charge in [0.25, 0.3) is 0 Å². The minimum absolute atomic E-state index is 0.192. The Morgan fingerprint density at radius 2 is 1.77 bits per heavy atom. The Bertz CT molecular complexity index is 549. The van der Waals surface area contributed by atoms with Crippen LogP contribution >= 0.6 is 22.6 Å². The van der Waals surface area contributed by atoms with Crippen LogP contribution in [-0.4, -0.2) is 28.1 Å². The summed E-state index contributed by atoms with van der Waals surface area (Å²) in [6.07, 6.45) is 3.32. The summed E-state index contributed by atoms with van der Waals surface area (Å²) in [5.41, 5.74) is 1.16. The highest BCUT2D eigenvalue weighted by Gasteiger charge is 2.39. The third-order valence-corrected chi connectivity index (χ3v) is 10.1. The molecule has 0 saturated carbocycles. The lowest BCUT2D eigenvalue weighted by atomic mass is 10.0. The summed E-state index contributed by atoms with van der Waals surface area (Å²) in [7, 11) is -0.120. The summed E-state index contributed by atoms with van der Waals surface area (Å²) in [6, 6.07) is 8.03. The monoisotopic (exact) mass is 490 g/mol. The quantitative estimate of drug-likeness (QED) is 0.211. The fourth-order valence-corrected chi connectivity index (χ4v) is 4.43. The first-order valence-corrected chi connectivity index (χ1v) is 13.4. The van der Waals surface area contributed by atoms with Crippen LogP contribution in [0.15, 0.2) is 34.4 Å². The van der Waals surface area contributed by atoms with Crippen LogP contribution in [0.2, 0.25) is 18.1 Å². The predicted octanol–water partition coefficient (Wildman–Crippen LogP) is 6.58. The van der Waals surface area contributed by atoms with E-state index in [0.29, 0.717) is 19.1 Å². The van der Waals surface area contributed by atoms with E-state index in [4.69, 9.17) is 13.9 Å². The van der Waals surface area contributed by atoms with E-state index in [2.05, 4.69) is 73.5 Å². The summed E-state index contributed by atoms with van der Waals surface area (Å²) in [6.45, 7) is 15.0. The standard InChI is InChI=1S/C21H35IO3Si/c1-17(12-14-22)20(25-26(6,7)21(2,3)4)13-15-24-16-18-8-10-19(23-5)11-9-18/h8-12,14,17,20H,13,15-16H2,1-7H3/b14-12+/t17-,20+/m1/s1. The van der Waals surface area contributed by atoms with Crippen molar-refractivity contribution < 1.29 is 13.9 Å². The van der Waals surface area contributed by atoms with Gasteiger partial charge in [0.15, 0.2) is 8.32 Å². The molecule has 0 aliphatic rings. The van der Waals surface area contributed by atoms with Crippen LogP contribution in [0, 0.1) is 5.92 Å². The molecule has 0 unspecified atom stereocenters. The van der Waals surface area contributed by atoms with E-state index in [0.717, 1.165) is 17.7 Å². The molecular weight excluding hydrogens is 455 g/mol. The zero-order valence-electron chi connectivity index (χ0n) is 17.3. The molecule has 0 N–H and O–H groups in total. The van der Waals surface area contributed by atoms with Crippen LogP contribution in [0.1, 0.15) is 39.7 Å². The van der Waals surface area contributed by atoms with Gasteiger partial charge in [0, 0.05) is 6.61 Å². The van der Waals surface area contributed by atoms with Gasteiger partial charge in [-0.1, -0.05) is 68.5 Å². The van der Waals surface area contributed by atoms with Crippen molar-refractivity contribution >= 4 is 30.9 Å². The summed E-state index contributed by atoms with van der Waals surface area (Å²) in [5, 5.41) is 0.211. The minimum atomic E-state index is -1.80. The number of halogens is 1. The van der Waals surface area contributed by atoms with Gasteiger partial charge >= 0.3 is 0 Å². The first-order chi connectivity index (χ1) is 12.1. The maximum absolute atomic E-state index is 6.69. The number of benzene rings is 1. The highest BCUT2D eigenvalue weighted by Crippen LogP contribution is 2.38. The van der Waals surface area contributed by atoms with Crippen molar-refractivity contribution in [3.8, 4) is 5.75 Å². The molecule has 0 heterocycles. The Morgan fingerprint density at radius 3 is 2.27 bits per heavy atom. The first-order valence-electron chi connectivity index (χ1n) is 9.26. The van der Waals surface area contributed by atoms with Gasteiger partial charge in [-0.2, -0.15) is 0 Å². The molecule has 148 valence electrons. The fourth-order valence-electron chi connectivity index (χ4n) is 2.33. The Morgan fingerprint density at radius 1 is 1.15 bits per heavy atom. The molecule has 0 radical (unpaired) electrons. The molecule has 0 aliphatic heterocycles. The van der Waals surface area contributed by atoms with Gasteiger partial charge < -0.3 is 13.9 Å². The number of hydrogen-bond acceptors (Lipinski definition) is 3. The minimum Gasteiger partial charge on any atom is -0.497 e. The van der Waals surface area contributed by atoms with Crippen LogP contribution in [0.4, 0.5) is 0 Å². The Labute approximate surface area is 174 Å². The molecule has 1 aromatic rings. The van der Waals surface area contributed by atoms with Gasteiger partial charge in [-0.05, 0) is 52.2 Å². The van der Waals surface area contributed by atoms with Gasteiger partial charge in [0.1, 0.15) is 5.75 Å². The van der Waals surface area contributed by atoms with Crippen molar-refractivity contribution in [3.63, 3.8) is 0 Å². The summed E-state index contributed by atoms with van der Waals surface area (Å²) in [5.74, 6) is 1.25. The first kappa shape index (κ1) is 23.7. The molecule has 0 amide bonds. The molecule has 1 aromatic carbocycles. The van der Waals surface area contributed by atoms with Crippen LogP contribution < -0.4 is 4.74 Å². The van der Waals surface area contributed by atoms with E-state index >= 15 is 0 Å². The summed E-state index contributed by atoms with van der Waals surface area (Å²) < 4.78 is 19.9. The highest BCUT2D eigenvalue weighted by atomic mass is 127. The molecular formula is C21H35IO3Si. The smallest absolute Gasteiger partial charge is 0.192 e. The number of rotatable bonds is 10. The molecule has 0 spiro atoms. The molecule has 26 heavy (non-hydrogen) atoms. The zero-order valence-corrected chi connectivity index (χ0v) is 20.5. The highest BCUT2D eigenvalue weighted by molar-refractivity contribution is 14.1. The van der Waals surface area contributed by atoms with Crippen LogP contribution in [0.3, 0.4) is 0 Å². The lowest BCUT2D eigenvalue weighted by molar-refractivity contribution is 0.0641. The topological polar surface area (TPSA) is 27.7 Å². The maximum atomic E-state index is 6.69. The van der Waals surface area contributed by atoms with Crippen molar-refractivity contribution in [3.05, 3.63) is 40.0 Å². The lowest BCUT2D eigenvalue weighted by Crippen LogP contribution is -2.45. The van der Waals surface area contributed by atoms with Crippen molar-refractivity contribution in [1.29, 1.82) is 0 Å². The molecule has 0 aliphatic carbocycles. The number of hydrogen-bond donors (Lipinski definition) is 0. The largest absolute Gasteiger partial charge is 0.497 e. The van der Waals surface area contributed by atoms with E-state index in [1.807, 2.05) is 24.3 Å². The van der Waals surface area contributed by atoms with Crippen molar-refractivity contribution in [2.75, 3.05) is 13.7 Å². The Kier molecular flexibility index (Phi) is 9.86. The van der Waals surface area contributed by atoms with E-state index in [1.165, 1.54) is 0 Å². The Hall–Kier alpha value is -0.373. The average Bonchev–Trinajstić information content (AvgIpc) is 2.57. The van der Waals surface area contributed by atoms with Crippen LogP contribution in [0.5, 0.6) is 5.75 Å². The lowest BCUT2D eigenvalue weighted by Gasteiger charge is -2.40. The normalized spacial score (nSPS) is 15.2. The van der Waals surface area contributed by atoms with Crippen LogP contribution in [0.25, 0.3) is 0 Å². The SMILES string of the molecule is COc1ccc(COCC[C@H](O[Si](C)(C)C(C)(C)C)[C@H](C)/C=C/I)cc1. The van der Waals surface area contributed by atoms with Crippen LogP contribution in [-0.2, 0) is 15.8 Å². The molecule has 0 aromatic heterocycles. The second-order valence-corrected chi connectivity index (χ2v) is 13.8. The molecule has 0 fully saturated rings. The molecule has 2 atom stereocenters. The van der Waals surface area contributed by atoms with E-state index in [1.54, 1.807) is 7.11 Å². The molecule has 5 heteroatoms. The summed E-state index contributed by atoms with van der Waals surface area (Å²) in [4.78, 5) is 0. The van der Waals surface area contributed by atoms with E-state index < -0.39 is 8.32 Å². The third-order valence-electron chi connectivity index (χ3n) is 5.19. The molecule has 0 saturated heterocycles. The fraction of sp³-hybridized carbons (Fsp3) is 0.619. The summed E-state index contributed by atoms with van der Waals surface area (Å²) >= 11 is 2.28. The molecule has 0 bridgehead atoms. The maximum Gasteiger partial charge on any atom is 0.192 e.